The molecule has 2 atom stereocenters. The number of benzene rings is 2. The van der Waals surface area contributed by atoms with Gasteiger partial charge in [-0.15, -0.1) is 0 Å². The summed E-state index contributed by atoms with van der Waals surface area (Å²) < 4.78 is 0. The summed E-state index contributed by atoms with van der Waals surface area (Å²) in [6, 6.07) is 18.9. The molecule has 0 radical (unpaired) electrons. The second-order valence-electron chi connectivity index (χ2n) is 6.59. The lowest BCUT2D eigenvalue weighted by Crippen LogP contribution is -2.39. The lowest BCUT2D eigenvalue weighted by Gasteiger charge is -2.40. The topological polar surface area (TPSA) is 36.1 Å². The largest absolute Gasteiger partial charge is 0.361 e. The van der Waals surface area contributed by atoms with E-state index in [4.69, 9.17) is 0 Å². The van der Waals surface area contributed by atoms with E-state index in [2.05, 4.69) is 53.3 Å². The zero-order chi connectivity index (χ0) is 16.5. The van der Waals surface area contributed by atoms with E-state index in [0.29, 0.717) is 6.42 Å². The minimum atomic E-state index is 0.0812. The minimum Gasteiger partial charge on any atom is -0.361 e. The van der Waals surface area contributed by atoms with Gasteiger partial charge in [0.2, 0.25) is 5.91 Å². The molecule has 1 amide bonds. The van der Waals surface area contributed by atoms with E-state index in [1.807, 2.05) is 24.3 Å². The Kier molecular flexibility index (Phi) is 3.85. The molecule has 0 spiro atoms. The molecule has 1 aromatic heterocycles. The van der Waals surface area contributed by atoms with Crippen LogP contribution in [0.1, 0.15) is 49.4 Å². The molecule has 3 nitrogen and oxygen atoms in total. The Labute approximate surface area is 142 Å². The van der Waals surface area contributed by atoms with Crippen LogP contribution in [0.4, 0.5) is 0 Å². The molecule has 0 saturated carbocycles. The first-order valence-corrected chi connectivity index (χ1v) is 8.68. The highest BCUT2D eigenvalue weighted by Gasteiger charge is 2.34. The average Bonchev–Trinajstić information content (AvgIpc) is 3.06. The van der Waals surface area contributed by atoms with Gasteiger partial charge < -0.3 is 9.88 Å². The third-order valence-corrected chi connectivity index (χ3v) is 5.17. The molecular weight excluding hydrogens is 296 g/mol. The van der Waals surface area contributed by atoms with Gasteiger partial charge in [0.1, 0.15) is 0 Å². The number of nitrogens with one attached hydrogen (secondary N) is 1. The summed E-state index contributed by atoms with van der Waals surface area (Å²) in [5.41, 5.74) is 3.57. The van der Waals surface area contributed by atoms with Crippen LogP contribution in [-0.4, -0.2) is 15.8 Å². The van der Waals surface area contributed by atoms with Crippen LogP contribution in [0.5, 0.6) is 0 Å². The fraction of sp³-hybridized carbons (Fsp3) is 0.286. The molecule has 1 aliphatic rings. The van der Waals surface area contributed by atoms with Crippen molar-refractivity contribution < 1.29 is 4.79 Å². The number of hydrogen-bond acceptors (Lipinski definition) is 1. The number of carbonyl (C=O) groups excluding carboxylic acids is 1. The van der Waals surface area contributed by atoms with Crippen LogP contribution in [0, 0.1) is 0 Å². The van der Waals surface area contributed by atoms with Crippen molar-refractivity contribution >= 4 is 16.8 Å². The smallest absolute Gasteiger partial charge is 0.223 e. The maximum atomic E-state index is 12.8. The summed E-state index contributed by atoms with van der Waals surface area (Å²) in [6.07, 6.45) is 4.71. The molecule has 3 heteroatoms. The van der Waals surface area contributed by atoms with Crippen molar-refractivity contribution in [3.8, 4) is 0 Å². The number of para-hydroxylation sites is 1. The monoisotopic (exact) mass is 318 g/mol. The Morgan fingerprint density at radius 3 is 2.67 bits per heavy atom. The molecule has 1 fully saturated rings. The number of fused-ring (bicyclic) bond motifs is 1. The zero-order valence-corrected chi connectivity index (χ0v) is 13.9. The molecule has 0 aliphatic carbocycles. The molecule has 0 unspecified atom stereocenters. The summed E-state index contributed by atoms with van der Waals surface area (Å²) >= 11 is 0. The molecule has 1 saturated heterocycles. The second kappa shape index (κ2) is 6.16. The van der Waals surface area contributed by atoms with Crippen LogP contribution < -0.4 is 0 Å². The summed E-state index contributed by atoms with van der Waals surface area (Å²) in [5, 5.41) is 1.22. The Morgan fingerprint density at radius 2 is 1.83 bits per heavy atom. The zero-order valence-electron chi connectivity index (χ0n) is 13.9. The first-order chi connectivity index (χ1) is 11.8. The van der Waals surface area contributed by atoms with E-state index in [-0.39, 0.29) is 18.0 Å². The third-order valence-electron chi connectivity index (χ3n) is 5.17. The summed E-state index contributed by atoms with van der Waals surface area (Å²) in [7, 11) is 0. The van der Waals surface area contributed by atoms with Gasteiger partial charge in [-0.3, -0.25) is 4.79 Å². The molecule has 4 rings (SSSR count). The normalized spacial score (nSPS) is 19.6. The molecule has 24 heavy (non-hydrogen) atoms. The van der Waals surface area contributed by atoms with E-state index in [0.717, 1.165) is 18.4 Å². The van der Waals surface area contributed by atoms with Gasteiger partial charge in [-0.25, -0.2) is 0 Å². The first kappa shape index (κ1) is 15.0. The third kappa shape index (κ3) is 2.50. The second-order valence-corrected chi connectivity index (χ2v) is 6.59. The van der Waals surface area contributed by atoms with Crippen molar-refractivity contribution in [1.82, 2.24) is 9.88 Å². The molecule has 1 N–H and O–H groups in total. The Morgan fingerprint density at radius 1 is 1.08 bits per heavy atom. The summed E-state index contributed by atoms with van der Waals surface area (Å²) in [6.45, 7) is 2.14. The van der Waals surface area contributed by atoms with Gasteiger partial charge in [-0.1, -0.05) is 48.5 Å². The molecule has 0 bridgehead atoms. The number of likely N-dealkylation sites (tertiary alicyclic amines) is 1. The van der Waals surface area contributed by atoms with Gasteiger partial charge in [0.25, 0.3) is 0 Å². The fourth-order valence-electron chi connectivity index (χ4n) is 3.94. The highest BCUT2D eigenvalue weighted by atomic mass is 16.2. The van der Waals surface area contributed by atoms with Gasteiger partial charge in [0, 0.05) is 23.5 Å². The highest BCUT2D eigenvalue weighted by molar-refractivity contribution is 5.85. The predicted octanol–water partition coefficient (Wildman–Crippen LogP) is 4.98. The SMILES string of the molecule is C[C@@H](c1ccccc1)N1C(=O)CCC[C@H]1c1c[nH]c2ccccc12. The minimum absolute atomic E-state index is 0.0812. The van der Waals surface area contributed by atoms with Crippen molar-refractivity contribution in [2.45, 2.75) is 38.3 Å². The molecule has 3 aromatic rings. The van der Waals surface area contributed by atoms with Crippen molar-refractivity contribution in [3.05, 3.63) is 71.9 Å². The van der Waals surface area contributed by atoms with Crippen molar-refractivity contribution in [2.75, 3.05) is 0 Å². The summed E-state index contributed by atoms with van der Waals surface area (Å²) in [4.78, 5) is 18.2. The van der Waals surface area contributed by atoms with Gasteiger partial charge in [-0.2, -0.15) is 0 Å². The molecule has 2 heterocycles. The van der Waals surface area contributed by atoms with Gasteiger partial charge in [0.15, 0.2) is 0 Å². The van der Waals surface area contributed by atoms with Crippen molar-refractivity contribution in [1.29, 1.82) is 0 Å². The lowest BCUT2D eigenvalue weighted by molar-refractivity contribution is -0.139. The van der Waals surface area contributed by atoms with Gasteiger partial charge in [0.05, 0.1) is 12.1 Å². The number of carbonyl (C=O) groups is 1. The van der Waals surface area contributed by atoms with Crippen LogP contribution in [0.2, 0.25) is 0 Å². The van der Waals surface area contributed by atoms with Gasteiger partial charge in [-0.05, 0) is 37.0 Å². The molecule has 122 valence electrons. The Balaban J connectivity index is 1.76. The first-order valence-electron chi connectivity index (χ1n) is 8.68. The molecule has 2 aromatic carbocycles. The van der Waals surface area contributed by atoms with Gasteiger partial charge >= 0.3 is 0 Å². The number of amides is 1. The van der Waals surface area contributed by atoms with E-state index >= 15 is 0 Å². The number of nitrogens with zero attached hydrogens (tertiary/aromatic N) is 1. The molecular formula is C21H22N2O. The number of aromatic amines is 1. The quantitative estimate of drug-likeness (QED) is 0.726. The number of hydrogen-bond donors (Lipinski definition) is 1. The predicted molar refractivity (Wildman–Crippen MR) is 96.6 cm³/mol. The van der Waals surface area contributed by atoms with E-state index in [1.54, 1.807) is 0 Å². The van der Waals surface area contributed by atoms with Crippen LogP contribution in [0.3, 0.4) is 0 Å². The number of rotatable bonds is 3. The van der Waals surface area contributed by atoms with Crippen LogP contribution >= 0.6 is 0 Å². The van der Waals surface area contributed by atoms with Crippen molar-refractivity contribution in [2.24, 2.45) is 0 Å². The average molecular weight is 318 g/mol. The van der Waals surface area contributed by atoms with Crippen LogP contribution in [0.25, 0.3) is 10.9 Å². The highest BCUT2D eigenvalue weighted by Crippen LogP contribution is 2.40. The van der Waals surface area contributed by atoms with Crippen LogP contribution in [-0.2, 0) is 4.79 Å². The van der Waals surface area contributed by atoms with E-state index in [1.165, 1.54) is 16.5 Å². The van der Waals surface area contributed by atoms with Crippen molar-refractivity contribution in [3.63, 3.8) is 0 Å². The Bertz CT molecular complexity index is 852. The number of aromatic nitrogens is 1. The van der Waals surface area contributed by atoms with Crippen LogP contribution in [0.15, 0.2) is 60.8 Å². The Hall–Kier alpha value is -2.55. The maximum absolute atomic E-state index is 12.8. The van der Waals surface area contributed by atoms with E-state index < -0.39 is 0 Å². The standard InChI is InChI=1S/C21H22N2O/c1-15(16-8-3-2-4-9-16)23-20(12-7-13-21(23)24)18-14-22-19-11-6-5-10-17(18)19/h2-6,8-11,14-15,20,22H,7,12-13H2,1H3/t15-,20-/m0/s1. The fourth-order valence-corrected chi connectivity index (χ4v) is 3.94. The maximum Gasteiger partial charge on any atom is 0.223 e. The number of piperidine rings is 1. The molecule has 1 aliphatic heterocycles. The summed E-state index contributed by atoms with van der Waals surface area (Å²) in [5.74, 6) is 0.257. The number of H-pyrrole nitrogens is 1. The van der Waals surface area contributed by atoms with E-state index in [9.17, 15) is 4.79 Å². The lowest BCUT2D eigenvalue weighted by atomic mass is 9.91.